The second kappa shape index (κ2) is 6.44. The molecule has 4 aromatic rings. The topological polar surface area (TPSA) is 62.1 Å². The van der Waals surface area contributed by atoms with Gasteiger partial charge >= 0.3 is 0 Å². The van der Waals surface area contributed by atoms with Crippen LogP contribution in [-0.4, -0.2) is 34.0 Å². The molecule has 0 aliphatic rings. The smallest absolute Gasteiger partial charge is 0.162 e. The van der Waals surface area contributed by atoms with Crippen LogP contribution in [0, 0.1) is 5.82 Å². The molecule has 0 bridgehead atoms. The molecule has 0 atom stereocenters. The minimum atomic E-state index is -0.362. The van der Waals surface area contributed by atoms with Gasteiger partial charge in [-0.15, -0.1) is 0 Å². The number of aromatic nitrogens is 4. The van der Waals surface area contributed by atoms with Gasteiger partial charge in [0.2, 0.25) is 0 Å². The molecule has 4 rings (SSSR count). The summed E-state index contributed by atoms with van der Waals surface area (Å²) in [5, 5.41) is 4.38. The Morgan fingerprint density at radius 1 is 0.962 bits per heavy atom. The lowest BCUT2D eigenvalue weighted by Gasteiger charge is -2.10. The maximum atomic E-state index is 14.0. The quantitative estimate of drug-likeness (QED) is 0.562. The standard InChI is InChI=1S/C19H15FN4O2/c1-25-17-8-7-12(9-18(17)26-2)24-16-11-21-19(23-15(16)10-22-24)13-5-3-4-6-14(13)20/h3-11H,1-2H3. The molecule has 0 spiro atoms. The molecule has 0 saturated heterocycles. The van der Waals surface area contributed by atoms with Gasteiger partial charge in [-0.25, -0.2) is 19.0 Å². The Kier molecular flexibility index (Phi) is 3.96. The summed E-state index contributed by atoms with van der Waals surface area (Å²) in [4.78, 5) is 8.74. The van der Waals surface area contributed by atoms with Crippen LogP contribution in [0.5, 0.6) is 11.5 Å². The van der Waals surface area contributed by atoms with E-state index in [0.717, 1.165) is 5.69 Å². The lowest BCUT2D eigenvalue weighted by atomic mass is 10.2. The lowest BCUT2D eigenvalue weighted by Crippen LogP contribution is -1.99. The Labute approximate surface area is 148 Å². The van der Waals surface area contributed by atoms with E-state index in [9.17, 15) is 4.39 Å². The Bertz CT molecular complexity index is 1090. The minimum Gasteiger partial charge on any atom is -0.493 e. The lowest BCUT2D eigenvalue weighted by molar-refractivity contribution is 0.355. The fraction of sp³-hybridized carbons (Fsp3) is 0.105. The van der Waals surface area contributed by atoms with Gasteiger partial charge in [0.25, 0.3) is 0 Å². The zero-order valence-corrected chi connectivity index (χ0v) is 14.2. The predicted octanol–water partition coefficient (Wildman–Crippen LogP) is 3.64. The molecule has 0 fully saturated rings. The summed E-state index contributed by atoms with van der Waals surface area (Å²) < 4.78 is 26.3. The molecule has 0 amide bonds. The molecule has 2 aromatic carbocycles. The van der Waals surface area contributed by atoms with E-state index in [1.165, 1.54) is 6.07 Å². The normalized spacial score (nSPS) is 10.9. The van der Waals surface area contributed by atoms with Gasteiger partial charge in [0, 0.05) is 6.07 Å². The van der Waals surface area contributed by atoms with Crippen LogP contribution < -0.4 is 9.47 Å². The maximum Gasteiger partial charge on any atom is 0.162 e. The third-order valence-corrected chi connectivity index (χ3v) is 4.05. The van der Waals surface area contributed by atoms with Gasteiger partial charge in [0.1, 0.15) is 16.9 Å². The zero-order valence-electron chi connectivity index (χ0n) is 14.2. The van der Waals surface area contributed by atoms with Crippen molar-refractivity contribution in [2.75, 3.05) is 14.2 Å². The van der Waals surface area contributed by atoms with Crippen molar-refractivity contribution in [3.05, 3.63) is 60.7 Å². The number of nitrogens with zero attached hydrogens (tertiary/aromatic N) is 4. The van der Waals surface area contributed by atoms with Crippen LogP contribution >= 0.6 is 0 Å². The number of rotatable bonds is 4. The number of benzene rings is 2. The number of hydrogen-bond acceptors (Lipinski definition) is 5. The third-order valence-electron chi connectivity index (χ3n) is 4.05. The van der Waals surface area contributed by atoms with Crippen molar-refractivity contribution in [3.63, 3.8) is 0 Å². The van der Waals surface area contributed by atoms with E-state index in [-0.39, 0.29) is 5.82 Å². The second-order valence-electron chi connectivity index (χ2n) is 5.54. The zero-order chi connectivity index (χ0) is 18.1. The summed E-state index contributed by atoms with van der Waals surface area (Å²) in [7, 11) is 3.16. The summed E-state index contributed by atoms with van der Waals surface area (Å²) in [6, 6.07) is 11.9. The highest BCUT2D eigenvalue weighted by Crippen LogP contribution is 2.30. The van der Waals surface area contributed by atoms with Crippen LogP contribution in [0.2, 0.25) is 0 Å². The maximum absolute atomic E-state index is 14.0. The Morgan fingerprint density at radius 2 is 1.77 bits per heavy atom. The number of fused-ring (bicyclic) bond motifs is 1. The molecule has 26 heavy (non-hydrogen) atoms. The monoisotopic (exact) mass is 350 g/mol. The van der Waals surface area contributed by atoms with Gasteiger partial charge < -0.3 is 9.47 Å². The van der Waals surface area contributed by atoms with Crippen LogP contribution in [0.3, 0.4) is 0 Å². The van der Waals surface area contributed by atoms with Crippen LogP contribution in [0.15, 0.2) is 54.9 Å². The van der Waals surface area contributed by atoms with E-state index >= 15 is 0 Å². The SMILES string of the molecule is COc1ccc(-n2ncc3nc(-c4ccccc4F)ncc32)cc1OC. The molecule has 2 heterocycles. The number of halogens is 1. The first-order valence-corrected chi connectivity index (χ1v) is 7.89. The van der Waals surface area contributed by atoms with Crippen molar-refractivity contribution in [2.24, 2.45) is 0 Å². The summed E-state index contributed by atoms with van der Waals surface area (Å²) in [6.07, 6.45) is 3.26. The molecular formula is C19H15FN4O2. The molecule has 0 saturated carbocycles. The van der Waals surface area contributed by atoms with E-state index in [1.54, 1.807) is 55.6 Å². The Hall–Kier alpha value is -3.48. The first kappa shape index (κ1) is 16.0. The van der Waals surface area contributed by atoms with Crippen LogP contribution in [-0.2, 0) is 0 Å². The highest BCUT2D eigenvalue weighted by atomic mass is 19.1. The van der Waals surface area contributed by atoms with Crippen molar-refractivity contribution in [3.8, 4) is 28.6 Å². The molecule has 0 N–H and O–H groups in total. The first-order chi connectivity index (χ1) is 12.7. The van der Waals surface area contributed by atoms with Crippen molar-refractivity contribution in [1.29, 1.82) is 0 Å². The average molecular weight is 350 g/mol. The molecule has 6 nitrogen and oxygen atoms in total. The molecule has 2 aromatic heterocycles. The fourth-order valence-corrected chi connectivity index (χ4v) is 2.76. The molecule has 0 radical (unpaired) electrons. The van der Waals surface area contributed by atoms with E-state index in [4.69, 9.17) is 9.47 Å². The van der Waals surface area contributed by atoms with Gasteiger partial charge in [-0.05, 0) is 24.3 Å². The largest absolute Gasteiger partial charge is 0.493 e. The average Bonchev–Trinajstić information content (AvgIpc) is 3.11. The number of methoxy groups -OCH3 is 2. The third kappa shape index (κ3) is 2.63. The van der Waals surface area contributed by atoms with E-state index in [2.05, 4.69) is 15.1 Å². The van der Waals surface area contributed by atoms with E-state index < -0.39 is 0 Å². The molecule has 130 valence electrons. The van der Waals surface area contributed by atoms with Gasteiger partial charge in [0.05, 0.1) is 37.9 Å². The van der Waals surface area contributed by atoms with Crippen molar-refractivity contribution < 1.29 is 13.9 Å². The highest BCUT2D eigenvalue weighted by Gasteiger charge is 2.13. The molecule has 7 heteroatoms. The second-order valence-corrected chi connectivity index (χ2v) is 5.54. The summed E-state index contributed by atoms with van der Waals surface area (Å²) >= 11 is 0. The fourth-order valence-electron chi connectivity index (χ4n) is 2.76. The van der Waals surface area contributed by atoms with Crippen molar-refractivity contribution in [1.82, 2.24) is 19.7 Å². The van der Waals surface area contributed by atoms with Crippen LogP contribution in [0.1, 0.15) is 0 Å². The highest BCUT2D eigenvalue weighted by molar-refractivity contribution is 5.77. The molecule has 0 aliphatic heterocycles. The Balaban J connectivity index is 1.80. The first-order valence-electron chi connectivity index (χ1n) is 7.89. The van der Waals surface area contributed by atoms with Gasteiger partial charge in [-0.3, -0.25) is 0 Å². The van der Waals surface area contributed by atoms with E-state index in [0.29, 0.717) is 33.9 Å². The molecule has 0 unspecified atom stereocenters. The summed E-state index contributed by atoms with van der Waals surface area (Å²) in [5.41, 5.74) is 2.46. The van der Waals surface area contributed by atoms with Crippen molar-refractivity contribution >= 4 is 11.0 Å². The van der Waals surface area contributed by atoms with Gasteiger partial charge in [-0.1, -0.05) is 12.1 Å². The predicted molar refractivity (Wildman–Crippen MR) is 95.2 cm³/mol. The van der Waals surface area contributed by atoms with Crippen LogP contribution in [0.4, 0.5) is 4.39 Å². The molecule has 0 aliphatic carbocycles. The van der Waals surface area contributed by atoms with E-state index in [1.807, 2.05) is 12.1 Å². The van der Waals surface area contributed by atoms with Gasteiger partial charge in [-0.2, -0.15) is 5.10 Å². The molecular weight excluding hydrogens is 335 g/mol. The van der Waals surface area contributed by atoms with Crippen LogP contribution in [0.25, 0.3) is 28.1 Å². The summed E-state index contributed by atoms with van der Waals surface area (Å²) in [5.74, 6) is 1.19. The number of hydrogen-bond donors (Lipinski definition) is 0. The number of ether oxygens (including phenoxy) is 2. The van der Waals surface area contributed by atoms with Gasteiger partial charge in [0.15, 0.2) is 17.3 Å². The Morgan fingerprint density at radius 3 is 2.54 bits per heavy atom. The summed E-state index contributed by atoms with van der Waals surface area (Å²) in [6.45, 7) is 0. The minimum absolute atomic E-state index is 0.322. The van der Waals surface area contributed by atoms with Crippen molar-refractivity contribution in [2.45, 2.75) is 0 Å².